The molecule has 0 saturated heterocycles. The Morgan fingerprint density at radius 3 is 2.73 bits per heavy atom. The number of hydrogen-bond donors (Lipinski definition) is 3. The largest absolute Gasteiger partial charge is 0.390 e. The fraction of sp³-hybridized carbons (Fsp3) is 0.667. The number of carbonyl (C=O) groups is 1. The second kappa shape index (κ2) is 6.47. The summed E-state index contributed by atoms with van der Waals surface area (Å²) in [5, 5.41) is 13.1. The van der Waals surface area contributed by atoms with Gasteiger partial charge >= 0.3 is 0 Å². The van der Waals surface area contributed by atoms with Gasteiger partial charge in [-0.2, -0.15) is 0 Å². The minimum absolute atomic E-state index is 0.293. The Hall–Kier alpha value is -1.01. The maximum Gasteiger partial charge on any atom is 0.282 e. The smallest absolute Gasteiger partial charge is 0.282 e. The number of aliphatic hydroxyl groups excluding tert-OH is 1. The normalized spacial score (nSPS) is 13.3. The molecule has 0 rings (SSSR count). The summed E-state index contributed by atoms with van der Waals surface area (Å²) in [4.78, 5) is 11.2. The van der Waals surface area contributed by atoms with E-state index in [2.05, 4.69) is 17.2 Å². The summed E-state index contributed by atoms with van der Waals surface area (Å²) in [7, 11) is 0. The van der Waals surface area contributed by atoms with E-state index in [1.165, 1.54) is 13.0 Å². The summed E-state index contributed by atoms with van der Waals surface area (Å²) in [5.74, 6) is -3.59. The molecule has 0 aliphatic rings. The summed E-state index contributed by atoms with van der Waals surface area (Å²) in [6.07, 6.45) is 1.49. The van der Waals surface area contributed by atoms with E-state index in [0.29, 0.717) is 6.54 Å². The molecule has 0 bridgehead atoms. The molecule has 0 saturated carbocycles. The molecule has 0 aromatic heterocycles. The molecule has 1 amide bonds. The number of aliphatic hydroxyl groups is 1. The standard InChI is InChI=1S/C9H16F2N2O2/c1-3-4-12-8(15)7(2)13-5-9(10,11)6-14/h3,7,13-14H,1,4-6H2,2H3,(H,12,15). The highest BCUT2D eigenvalue weighted by atomic mass is 19.3. The lowest BCUT2D eigenvalue weighted by molar-refractivity contribution is -0.123. The van der Waals surface area contributed by atoms with Crippen molar-refractivity contribution in [2.75, 3.05) is 19.7 Å². The lowest BCUT2D eigenvalue weighted by Gasteiger charge is -2.18. The lowest BCUT2D eigenvalue weighted by atomic mass is 10.2. The zero-order valence-corrected chi connectivity index (χ0v) is 8.59. The van der Waals surface area contributed by atoms with E-state index in [0.717, 1.165) is 0 Å². The average Bonchev–Trinajstić information content (AvgIpc) is 2.22. The van der Waals surface area contributed by atoms with Crippen LogP contribution in [0.4, 0.5) is 8.78 Å². The van der Waals surface area contributed by atoms with Crippen molar-refractivity contribution in [3.8, 4) is 0 Å². The molecular weight excluding hydrogens is 206 g/mol. The number of rotatable bonds is 7. The molecule has 3 N–H and O–H groups in total. The van der Waals surface area contributed by atoms with Crippen LogP contribution in [0.1, 0.15) is 6.92 Å². The van der Waals surface area contributed by atoms with Gasteiger partial charge in [-0.1, -0.05) is 6.08 Å². The first-order valence-corrected chi connectivity index (χ1v) is 4.53. The summed E-state index contributed by atoms with van der Waals surface area (Å²) >= 11 is 0. The Kier molecular flexibility index (Phi) is 6.03. The zero-order chi connectivity index (χ0) is 11.9. The van der Waals surface area contributed by atoms with Crippen LogP contribution in [0.2, 0.25) is 0 Å². The predicted octanol–water partition coefficient (Wildman–Crippen LogP) is -0.106. The van der Waals surface area contributed by atoms with Crippen LogP contribution in [0.3, 0.4) is 0 Å². The first-order valence-electron chi connectivity index (χ1n) is 4.53. The third-order valence-corrected chi connectivity index (χ3v) is 1.71. The van der Waals surface area contributed by atoms with Crippen LogP contribution in [0.25, 0.3) is 0 Å². The molecule has 0 aliphatic heterocycles. The van der Waals surface area contributed by atoms with Crippen molar-refractivity contribution >= 4 is 5.91 Å². The van der Waals surface area contributed by atoms with Crippen molar-refractivity contribution in [3.05, 3.63) is 12.7 Å². The molecule has 1 atom stereocenters. The first-order chi connectivity index (χ1) is 6.93. The molecule has 6 heteroatoms. The quantitative estimate of drug-likeness (QED) is 0.527. The van der Waals surface area contributed by atoms with Gasteiger partial charge in [0.05, 0.1) is 12.6 Å². The Labute approximate surface area is 87.4 Å². The van der Waals surface area contributed by atoms with Gasteiger partial charge in [0.1, 0.15) is 6.61 Å². The zero-order valence-electron chi connectivity index (χ0n) is 8.59. The van der Waals surface area contributed by atoms with Gasteiger partial charge in [0, 0.05) is 6.54 Å². The van der Waals surface area contributed by atoms with Crippen LogP contribution in [0.5, 0.6) is 0 Å². The first kappa shape index (κ1) is 14.0. The number of amides is 1. The Morgan fingerprint density at radius 2 is 2.27 bits per heavy atom. The number of halogens is 2. The Morgan fingerprint density at radius 1 is 1.67 bits per heavy atom. The van der Waals surface area contributed by atoms with E-state index < -0.39 is 25.1 Å². The highest BCUT2D eigenvalue weighted by molar-refractivity contribution is 5.81. The summed E-state index contributed by atoms with van der Waals surface area (Å²) in [6.45, 7) is 3.19. The molecule has 4 nitrogen and oxygen atoms in total. The third-order valence-electron chi connectivity index (χ3n) is 1.71. The summed E-state index contributed by atoms with van der Waals surface area (Å²) in [6, 6.07) is -0.734. The van der Waals surface area contributed by atoms with Crippen LogP contribution in [0.15, 0.2) is 12.7 Å². The number of alkyl halides is 2. The van der Waals surface area contributed by atoms with E-state index in [-0.39, 0.29) is 5.91 Å². The highest BCUT2D eigenvalue weighted by Gasteiger charge is 2.28. The minimum Gasteiger partial charge on any atom is -0.390 e. The molecular formula is C9H16F2N2O2. The van der Waals surface area contributed by atoms with Crippen molar-refractivity contribution in [2.45, 2.75) is 18.9 Å². The van der Waals surface area contributed by atoms with E-state index in [1.54, 1.807) is 0 Å². The van der Waals surface area contributed by atoms with Crippen molar-refractivity contribution in [1.82, 2.24) is 10.6 Å². The molecule has 1 unspecified atom stereocenters. The molecule has 0 spiro atoms. The highest BCUT2D eigenvalue weighted by Crippen LogP contribution is 2.09. The Balaban J connectivity index is 3.87. The van der Waals surface area contributed by atoms with Gasteiger partial charge in [0.25, 0.3) is 5.92 Å². The third kappa shape index (κ3) is 6.14. The molecule has 88 valence electrons. The summed E-state index contributed by atoms with van der Waals surface area (Å²) in [5.41, 5.74) is 0. The van der Waals surface area contributed by atoms with Gasteiger partial charge in [-0.25, -0.2) is 8.78 Å². The molecule has 15 heavy (non-hydrogen) atoms. The average molecular weight is 222 g/mol. The number of carbonyl (C=O) groups excluding carboxylic acids is 1. The SMILES string of the molecule is C=CCNC(=O)C(C)NCC(F)(F)CO. The lowest BCUT2D eigenvalue weighted by Crippen LogP contribution is -2.47. The van der Waals surface area contributed by atoms with Crippen LogP contribution >= 0.6 is 0 Å². The van der Waals surface area contributed by atoms with Gasteiger partial charge in [0.2, 0.25) is 5.91 Å². The van der Waals surface area contributed by atoms with Gasteiger partial charge in [-0.15, -0.1) is 6.58 Å². The Bertz CT molecular complexity index is 222. The van der Waals surface area contributed by atoms with Gasteiger partial charge in [0.15, 0.2) is 0 Å². The monoisotopic (exact) mass is 222 g/mol. The van der Waals surface area contributed by atoms with E-state index in [4.69, 9.17) is 5.11 Å². The van der Waals surface area contributed by atoms with Gasteiger partial charge in [-0.3, -0.25) is 4.79 Å². The van der Waals surface area contributed by atoms with Crippen molar-refractivity contribution in [1.29, 1.82) is 0 Å². The fourth-order valence-corrected chi connectivity index (χ4v) is 0.777. The number of hydrogen-bond acceptors (Lipinski definition) is 3. The van der Waals surface area contributed by atoms with Crippen LogP contribution < -0.4 is 10.6 Å². The van der Waals surface area contributed by atoms with E-state index >= 15 is 0 Å². The predicted molar refractivity (Wildman–Crippen MR) is 52.7 cm³/mol. The van der Waals surface area contributed by atoms with Crippen LogP contribution in [0, 0.1) is 0 Å². The molecule has 0 aromatic carbocycles. The van der Waals surface area contributed by atoms with Crippen molar-refractivity contribution in [2.24, 2.45) is 0 Å². The van der Waals surface area contributed by atoms with Crippen molar-refractivity contribution in [3.63, 3.8) is 0 Å². The molecule has 0 radical (unpaired) electrons. The molecule has 0 aromatic rings. The maximum absolute atomic E-state index is 12.6. The fourth-order valence-electron chi connectivity index (χ4n) is 0.777. The second-order valence-corrected chi connectivity index (χ2v) is 3.15. The molecule has 0 heterocycles. The van der Waals surface area contributed by atoms with Gasteiger partial charge in [-0.05, 0) is 6.92 Å². The molecule has 0 fully saturated rings. The second-order valence-electron chi connectivity index (χ2n) is 3.15. The minimum atomic E-state index is -3.20. The number of nitrogens with one attached hydrogen (secondary N) is 2. The molecule has 0 aliphatic carbocycles. The van der Waals surface area contributed by atoms with E-state index in [9.17, 15) is 13.6 Å². The van der Waals surface area contributed by atoms with Gasteiger partial charge < -0.3 is 15.7 Å². The maximum atomic E-state index is 12.6. The van der Waals surface area contributed by atoms with Crippen LogP contribution in [-0.4, -0.2) is 42.7 Å². The van der Waals surface area contributed by atoms with Crippen molar-refractivity contribution < 1.29 is 18.7 Å². The van der Waals surface area contributed by atoms with E-state index in [1.807, 2.05) is 0 Å². The summed E-state index contributed by atoms with van der Waals surface area (Å²) < 4.78 is 25.1. The van der Waals surface area contributed by atoms with Crippen LogP contribution in [-0.2, 0) is 4.79 Å². The topological polar surface area (TPSA) is 61.4 Å².